The molecular weight excluding hydrogens is 198 g/mol. The first-order valence-corrected chi connectivity index (χ1v) is 5.51. The van der Waals surface area contributed by atoms with Gasteiger partial charge in [-0.05, 0) is 25.5 Å². The first kappa shape index (κ1) is 10.9. The average molecular weight is 215 g/mol. The summed E-state index contributed by atoms with van der Waals surface area (Å²) in [5.41, 5.74) is 8.26. The summed E-state index contributed by atoms with van der Waals surface area (Å²) in [5.74, 6) is 0. The van der Waals surface area contributed by atoms with Gasteiger partial charge < -0.3 is 5.73 Å². The van der Waals surface area contributed by atoms with Crippen LogP contribution in [0.3, 0.4) is 0 Å². The smallest absolute Gasteiger partial charge is 0.0916 e. The molecule has 0 bridgehead atoms. The molecule has 1 aromatic heterocycles. The van der Waals surface area contributed by atoms with Crippen molar-refractivity contribution in [3.8, 4) is 0 Å². The number of nitrogens with two attached hydrogens (primary N) is 1. The van der Waals surface area contributed by atoms with E-state index >= 15 is 0 Å². The van der Waals surface area contributed by atoms with E-state index in [1.807, 2.05) is 49.0 Å². The zero-order chi connectivity index (χ0) is 11.5. The molecule has 0 radical (unpaired) electrons. The molecule has 0 spiro atoms. The Balaban J connectivity index is 2.39. The van der Waals surface area contributed by atoms with Gasteiger partial charge in [0.2, 0.25) is 0 Å². The highest BCUT2D eigenvalue weighted by Gasteiger charge is 2.18. The van der Waals surface area contributed by atoms with E-state index in [2.05, 4.69) is 17.2 Å². The van der Waals surface area contributed by atoms with E-state index in [1.165, 1.54) is 5.56 Å². The quantitative estimate of drug-likeness (QED) is 0.852. The van der Waals surface area contributed by atoms with Crippen LogP contribution in [0.4, 0.5) is 0 Å². The average Bonchev–Trinajstić information content (AvgIpc) is 2.66. The van der Waals surface area contributed by atoms with Crippen LogP contribution in [0.5, 0.6) is 0 Å². The molecule has 2 atom stereocenters. The van der Waals surface area contributed by atoms with Crippen molar-refractivity contribution in [2.75, 3.05) is 0 Å². The molecule has 0 saturated carbocycles. The molecular formula is C13H17N3. The SMILES string of the molecule is Cc1ccn(C(c2ccccc2)C(C)N)n1. The summed E-state index contributed by atoms with van der Waals surface area (Å²) in [5, 5.41) is 4.45. The third-order valence-corrected chi connectivity index (χ3v) is 2.67. The van der Waals surface area contributed by atoms with Gasteiger partial charge in [-0.25, -0.2) is 0 Å². The van der Waals surface area contributed by atoms with Gasteiger partial charge >= 0.3 is 0 Å². The summed E-state index contributed by atoms with van der Waals surface area (Å²) in [6.07, 6.45) is 1.98. The molecule has 0 aliphatic rings. The van der Waals surface area contributed by atoms with Crippen molar-refractivity contribution in [1.82, 2.24) is 9.78 Å². The standard InChI is InChI=1S/C13H17N3/c1-10-8-9-16(15-10)13(11(2)14)12-6-4-3-5-7-12/h3-9,11,13H,14H2,1-2H3. The van der Waals surface area contributed by atoms with E-state index in [1.54, 1.807) is 0 Å². The molecule has 16 heavy (non-hydrogen) atoms. The molecule has 0 aliphatic heterocycles. The number of aromatic nitrogens is 2. The molecule has 1 heterocycles. The molecule has 2 rings (SSSR count). The fourth-order valence-electron chi connectivity index (χ4n) is 1.94. The fourth-order valence-corrected chi connectivity index (χ4v) is 1.94. The van der Waals surface area contributed by atoms with Crippen molar-refractivity contribution in [3.63, 3.8) is 0 Å². The molecule has 0 aliphatic carbocycles. The predicted octanol–water partition coefficient (Wildman–Crippen LogP) is 2.13. The zero-order valence-electron chi connectivity index (χ0n) is 9.67. The molecule has 3 nitrogen and oxygen atoms in total. The Morgan fingerprint density at radius 2 is 1.88 bits per heavy atom. The van der Waals surface area contributed by atoms with E-state index in [0.717, 1.165) is 5.69 Å². The number of aryl methyl sites for hydroxylation is 1. The Kier molecular flexibility index (Phi) is 3.06. The van der Waals surface area contributed by atoms with Gasteiger partial charge in [-0.1, -0.05) is 30.3 Å². The van der Waals surface area contributed by atoms with Crippen LogP contribution in [-0.2, 0) is 0 Å². The van der Waals surface area contributed by atoms with Gasteiger partial charge in [-0.15, -0.1) is 0 Å². The van der Waals surface area contributed by atoms with Gasteiger partial charge in [0.05, 0.1) is 11.7 Å². The van der Waals surface area contributed by atoms with E-state index < -0.39 is 0 Å². The first-order chi connectivity index (χ1) is 7.68. The molecule has 84 valence electrons. The van der Waals surface area contributed by atoms with Crippen molar-refractivity contribution >= 4 is 0 Å². The van der Waals surface area contributed by atoms with Gasteiger partial charge in [-0.2, -0.15) is 5.10 Å². The van der Waals surface area contributed by atoms with Crippen molar-refractivity contribution in [1.29, 1.82) is 0 Å². The number of hydrogen-bond acceptors (Lipinski definition) is 2. The highest BCUT2D eigenvalue weighted by atomic mass is 15.3. The van der Waals surface area contributed by atoms with E-state index in [0.29, 0.717) is 0 Å². The van der Waals surface area contributed by atoms with Crippen molar-refractivity contribution in [2.24, 2.45) is 5.73 Å². The molecule has 2 unspecified atom stereocenters. The lowest BCUT2D eigenvalue weighted by Crippen LogP contribution is -2.30. The largest absolute Gasteiger partial charge is 0.326 e. The molecule has 1 aromatic carbocycles. The minimum Gasteiger partial charge on any atom is -0.326 e. The van der Waals surface area contributed by atoms with Crippen LogP contribution in [0.15, 0.2) is 42.6 Å². The summed E-state index contributed by atoms with van der Waals surface area (Å²) in [4.78, 5) is 0. The zero-order valence-corrected chi connectivity index (χ0v) is 9.67. The third-order valence-electron chi connectivity index (χ3n) is 2.67. The molecule has 2 aromatic rings. The van der Waals surface area contributed by atoms with Crippen LogP contribution in [0, 0.1) is 6.92 Å². The topological polar surface area (TPSA) is 43.8 Å². The Morgan fingerprint density at radius 3 is 2.38 bits per heavy atom. The summed E-state index contributed by atoms with van der Waals surface area (Å²) in [6, 6.07) is 12.4. The minimum absolute atomic E-state index is 0.0294. The van der Waals surface area contributed by atoms with Gasteiger partial charge in [0.1, 0.15) is 0 Å². The van der Waals surface area contributed by atoms with Crippen molar-refractivity contribution in [3.05, 3.63) is 53.9 Å². The molecule has 2 N–H and O–H groups in total. The first-order valence-electron chi connectivity index (χ1n) is 5.51. The summed E-state index contributed by atoms with van der Waals surface area (Å²) in [6.45, 7) is 3.99. The summed E-state index contributed by atoms with van der Waals surface area (Å²) < 4.78 is 1.94. The normalized spacial score (nSPS) is 14.7. The number of benzene rings is 1. The second kappa shape index (κ2) is 4.49. The molecule has 0 saturated heterocycles. The van der Waals surface area contributed by atoms with Crippen LogP contribution < -0.4 is 5.73 Å². The lowest BCUT2D eigenvalue weighted by Gasteiger charge is -2.21. The fraction of sp³-hybridized carbons (Fsp3) is 0.308. The Hall–Kier alpha value is -1.61. The monoisotopic (exact) mass is 215 g/mol. The lowest BCUT2D eigenvalue weighted by molar-refractivity contribution is 0.452. The van der Waals surface area contributed by atoms with Gasteiger partial charge in [0, 0.05) is 12.2 Å². The van der Waals surface area contributed by atoms with E-state index in [9.17, 15) is 0 Å². The maximum atomic E-state index is 6.05. The Bertz CT molecular complexity index is 445. The second-order valence-corrected chi connectivity index (χ2v) is 4.15. The lowest BCUT2D eigenvalue weighted by atomic mass is 10.0. The number of nitrogens with zero attached hydrogens (tertiary/aromatic N) is 2. The van der Waals surface area contributed by atoms with Gasteiger partial charge in [0.25, 0.3) is 0 Å². The number of rotatable bonds is 3. The Labute approximate surface area is 95.9 Å². The molecule has 0 amide bonds. The molecule has 3 heteroatoms. The highest BCUT2D eigenvalue weighted by molar-refractivity contribution is 5.21. The van der Waals surface area contributed by atoms with Crippen molar-refractivity contribution in [2.45, 2.75) is 25.9 Å². The van der Waals surface area contributed by atoms with Crippen LogP contribution in [0.1, 0.15) is 24.2 Å². The van der Waals surface area contributed by atoms with Crippen LogP contribution in [-0.4, -0.2) is 15.8 Å². The van der Waals surface area contributed by atoms with Crippen LogP contribution >= 0.6 is 0 Å². The second-order valence-electron chi connectivity index (χ2n) is 4.15. The van der Waals surface area contributed by atoms with Crippen LogP contribution in [0.2, 0.25) is 0 Å². The van der Waals surface area contributed by atoms with Gasteiger partial charge in [0.15, 0.2) is 0 Å². The summed E-state index contributed by atoms with van der Waals surface area (Å²) in [7, 11) is 0. The third kappa shape index (κ3) is 2.14. The predicted molar refractivity (Wildman–Crippen MR) is 65.2 cm³/mol. The Morgan fingerprint density at radius 1 is 1.19 bits per heavy atom. The number of hydrogen-bond donors (Lipinski definition) is 1. The van der Waals surface area contributed by atoms with Gasteiger partial charge in [-0.3, -0.25) is 4.68 Å². The summed E-state index contributed by atoms with van der Waals surface area (Å²) >= 11 is 0. The molecule has 0 fully saturated rings. The van der Waals surface area contributed by atoms with Crippen LogP contribution in [0.25, 0.3) is 0 Å². The highest BCUT2D eigenvalue weighted by Crippen LogP contribution is 2.20. The van der Waals surface area contributed by atoms with E-state index in [-0.39, 0.29) is 12.1 Å². The maximum absolute atomic E-state index is 6.05. The minimum atomic E-state index is 0.0294. The van der Waals surface area contributed by atoms with E-state index in [4.69, 9.17) is 5.73 Å². The maximum Gasteiger partial charge on any atom is 0.0916 e. The van der Waals surface area contributed by atoms with Crippen molar-refractivity contribution < 1.29 is 0 Å².